The molecule has 5 nitrogen and oxygen atoms in total. The molecule has 0 aliphatic carbocycles. The number of hydrogen-bond donors (Lipinski definition) is 2. The van der Waals surface area contributed by atoms with Gasteiger partial charge in [-0.3, -0.25) is 4.79 Å². The van der Waals surface area contributed by atoms with Crippen LogP contribution in [0.5, 0.6) is 0 Å². The van der Waals surface area contributed by atoms with Crippen LogP contribution >= 0.6 is 0 Å². The van der Waals surface area contributed by atoms with Crippen molar-refractivity contribution in [3.63, 3.8) is 0 Å². The third-order valence-electron chi connectivity index (χ3n) is 4.01. The van der Waals surface area contributed by atoms with Crippen LogP contribution in [0.1, 0.15) is 45.1 Å². The van der Waals surface area contributed by atoms with E-state index in [1.165, 1.54) is 0 Å². The third-order valence-corrected chi connectivity index (χ3v) is 4.01. The van der Waals surface area contributed by atoms with Gasteiger partial charge < -0.3 is 15.5 Å². The van der Waals surface area contributed by atoms with Crippen LogP contribution in [-0.2, 0) is 11.3 Å². The lowest BCUT2D eigenvalue weighted by Gasteiger charge is -2.16. The minimum atomic E-state index is -0.0411. The number of nitrogens with zero attached hydrogens (tertiary/aromatic N) is 1. The van der Waals surface area contributed by atoms with Gasteiger partial charge in [-0.15, -0.1) is 0 Å². The number of amides is 3. The van der Waals surface area contributed by atoms with Crippen molar-refractivity contribution in [1.82, 2.24) is 10.2 Å². The molecule has 23 heavy (non-hydrogen) atoms. The van der Waals surface area contributed by atoms with E-state index in [-0.39, 0.29) is 11.9 Å². The average molecular weight is 317 g/mol. The first-order valence-corrected chi connectivity index (χ1v) is 8.46. The highest BCUT2D eigenvalue weighted by Crippen LogP contribution is 2.14. The smallest absolute Gasteiger partial charge is 0.321 e. The van der Waals surface area contributed by atoms with Crippen molar-refractivity contribution in [3.05, 3.63) is 29.8 Å². The second-order valence-corrected chi connectivity index (χ2v) is 6.53. The fourth-order valence-electron chi connectivity index (χ4n) is 2.59. The molecule has 0 saturated carbocycles. The van der Waals surface area contributed by atoms with Crippen molar-refractivity contribution in [2.75, 3.05) is 18.4 Å². The standard InChI is InChI=1S/C18H27N3O2/c1-14(2)8-9-17(22)19-13-15-6-5-7-16(12-15)20-18(23)21-10-3-4-11-21/h5-7,12,14H,3-4,8-11,13H2,1-2H3,(H,19,22)(H,20,23). The topological polar surface area (TPSA) is 61.4 Å². The summed E-state index contributed by atoms with van der Waals surface area (Å²) >= 11 is 0. The molecule has 2 rings (SSSR count). The van der Waals surface area contributed by atoms with Crippen molar-refractivity contribution in [1.29, 1.82) is 0 Å². The number of hydrogen-bond acceptors (Lipinski definition) is 2. The normalized spacial score (nSPS) is 14.1. The fourth-order valence-corrected chi connectivity index (χ4v) is 2.59. The molecule has 1 aromatic rings. The molecule has 1 saturated heterocycles. The highest BCUT2D eigenvalue weighted by atomic mass is 16.2. The highest BCUT2D eigenvalue weighted by Gasteiger charge is 2.17. The molecular weight excluding hydrogens is 290 g/mol. The Morgan fingerprint density at radius 3 is 2.65 bits per heavy atom. The molecule has 3 amide bonds. The minimum absolute atomic E-state index is 0.0411. The van der Waals surface area contributed by atoms with Gasteiger partial charge in [-0.05, 0) is 42.9 Å². The van der Waals surface area contributed by atoms with E-state index >= 15 is 0 Å². The molecule has 1 aliphatic heterocycles. The Morgan fingerprint density at radius 2 is 1.96 bits per heavy atom. The monoisotopic (exact) mass is 317 g/mol. The van der Waals surface area contributed by atoms with E-state index in [4.69, 9.17) is 0 Å². The molecule has 0 aromatic heterocycles. The van der Waals surface area contributed by atoms with Gasteiger partial charge in [0.2, 0.25) is 5.91 Å². The van der Waals surface area contributed by atoms with E-state index in [1.807, 2.05) is 29.2 Å². The van der Waals surface area contributed by atoms with Gasteiger partial charge in [-0.2, -0.15) is 0 Å². The van der Waals surface area contributed by atoms with Gasteiger partial charge in [0.1, 0.15) is 0 Å². The number of anilines is 1. The molecular formula is C18H27N3O2. The molecule has 1 heterocycles. The molecule has 1 fully saturated rings. The predicted molar refractivity (Wildman–Crippen MR) is 92.2 cm³/mol. The van der Waals surface area contributed by atoms with Crippen LogP contribution in [0.4, 0.5) is 10.5 Å². The minimum Gasteiger partial charge on any atom is -0.352 e. The van der Waals surface area contributed by atoms with E-state index in [0.717, 1.165) is 43.6 Å². The SMILES string of the molecule is CC(C)CCC(=O)NCc1cccc(NC(=O)N2CCCC2)c1. The zero-order chi connectivity index (χ0) is 16.7. The van der Waals surface area contributed by atoms with Gasteiger partial charge in [-0.1, -0.05) is 26.0 Å². The van der Waals surface area contributed by atoms with Crippen LogP contribution < -0.4 is 10.6 Å². The van der Waals surface area contributed by atoms with E-state index in [0.29, 0.717) is 18.9 Å². The highest BCUT2D eigenvalue weighted by molar-refractivity contribution is 5.89. The van der Waals surface area contributed by atoms with Gasteiger partial charge >= 0.3 is 6.03 Å². The molecule has 1 aliphatic rings. The van der Waals surface area contributed by atoms with E-state index < -0.39 is 0 Å². The van der Waals surface area contributed by atoms with Crippen LogP contribution in [0.2, 0.25) is 0 Å². The second kappa shape index (κ2) is 8.56. The maximum atomic E-state index is 12.1. The van der Waals surface area contributed by atoms with Crippen LogP contribution in [0.15, 0.2) is 24.3 Å². The van der Waals surface area contributed by atoms with Crippen LogP contribution in [0, 0.1) is 5.92 Å². The molecule has 5 heteroatoms. The first-order valence-electron chi connectivity index (χ1n) is 8.46. The fraction of sp³-hybridized carbons (Fsp3) is 0.556. The number of carbonyl (C=O) groups is 2. The Bertz CT molecular complexity index is 537. The van der Waals surface area contributed by atoms with Gasteiger partial charge in [0.05, 0.1) is 0 Å². The third kappa shape index (κ3) is 5.93. The summed E-state index contributed by atoms with van der Waals surface area (Å²) in [5.41, 5.74) is 1.76. The van der Waals surface area contributed by atoms with Crippen molar-refractivity contribution >= 4 is 17.6 Å². The number of urea groups is 1. The van der Waals surface area contributed by atoms with Crippen LogP contribution in [0.25, 0.3) is 0 Å². The summed E-state index contributed by atoms with van der Waals surface area (Å²) in [6.45, 7) is 6.37. The quantitative estimate of drug-likeness (QED) is 0.845. The van der Waals surface area contributed by atoms with Gasteiger partial charge in [0, 0.05) is 31.7 Å². The van der Waals surface area contributed by atoms with Gasteiger partial charge in [0.15, 0.2) is 0 Å². The maximum Gasteiger partial charge on any atom is 0.321 e. The zero-order valence-corrected chi connectivity index (χ0v) is 14.1. The molecule has 0 spiro atoms. The van der Waals surface area contributed by atoms with Crippen molar-refractivity contribution in [2.24, 2.45) is 5.92 Å². The summed E-state index contributed by atoms with van der Waals surface area (Å²) in [6, 6.07) is 7.60. The molecule has 0 unspecified atom stereocenters. The van der Waals surface area contributed by atoms with E-state index in [9.17, 15) is 9.59 Å². The lowest BCUT2D eigenvalue weighted by Crippen LogP contribution is -2.32. The Morgan fingerprint density at radius 1 is 1.22 bits per heavy atom. The molecule has 1 aromatic carbocycles. The lowest BCUT2D eigenvalue weighted by molar-refractivity contribution is -0.121. The summed E-state index contributed by atoms with van der Waals surface area (Å²) in [5, 5.41) is 5.85. The molecule has 126 valence electrons. The maximum absolute atomic E-state index is 12.1. The molecule has 2 N–H and O–H groups in total. The Labute approximate surface area is 138 Å². The summed E-state index contributed by atoms with van der Waals surface area (Å²) in [6.07, 6.45) is 3.62. The van der Waals surface area contributed by atoms with Gasteiger partial charge in [-0.25, -0.2) is 4.79 Å². The van der Waals surface area contributed by atoms with Crippen LogP contribution in [0.3, 0.4) is 0 Å². The van der Waals surface area contributed by atoms with Crippen molar-refractivity contribution < 1.29 is 9.59 Å². The number of benzene rings is 1. The first kappa shape index (κ1) is 17.3. The average Bonchev–Trinajstić information content (AvgIpc) is 3.06. The van der Waals surface area contributed by atoms with E-state index in [1.54, 1.807) is 0 Å². The Balaban J connectivity index is 1.82. The molecule has 0 atom stereocenters. The number of rotatable bonds is 6. The second-order valence-electron chi connectivity index (χ2n) is 6.53. The van der Waals surface area contributed by atoms with Crippen LogP contribution in [-0.4, -0.2) is 29.9 Å². The first-order chi connectivity index (χ1) is 11.0. The Hall–Kier alpha value is -2.04. The summed E-state index contributed by atoms with van der Waals surface area (Å²) in [5.74, 6) is 0.607. The summed E-state index contributed by atoms with van der Waals surface area (Å²) in [4.78, 5) is 25.7. The number of likely N-dealkylation sites (tertiary alicyclic amines) is 1. The number of nitrogens with one attached hydrogen (secondary N) is 2. The summed E-state index contributed by atoms with van der Waals surface area (Å²) < 4.78 is 0. The zero-order valence-electron chi connectivity index (χ0n) is 14.1. The Kier molecular flexibility index (Phi) is 6.44. The largest absolute Gasteiger partial charge is 0.352 e. The number of carbonyl (C=O) groups excluding carboxylic acids is 2. The van der Waals surface area contributed by atoms with Crippen molar-refractivity contribution in [2.45, 2.75) is 46.1 Å². The molecule has 0 bridgehead atoms. The van der Waals surface area contributed by atoms with Gasteiger partial charge in [0.25, 0.3) is 0 Å². The molecule has 0 radical (unpaired) electrons. The summed E-state index contributed by atoms with van der Waals surface area (Å²) in [7, 11) is 0. The van der Waals surface area contributed by atoms with E-state index in [2.05, 4.69) is 24.5 Å². The van der Waals surface area contributed by atoms with Crippen molar-refractivity contribution in [3.8, 4) is 0 Å². The lowest BCUT2D eigenvalue weighted by atomic mass is 10.1. The predicted octanol–water partition coefficient (Wildman–Crippen LogP) is 3.37.